The lowest BCUT2D eigenvalue weighted by molar-refractivity contribution is -0.123. The van der Waals surface area contributed by atoms with E-state index in [-0.39, 0.29) is 12.1 Å². The van der Waals surface area contributed by atoms with Crippen LogP contribution >= 0.6 is 0 Å². The molecule has 1 aromatic carbocycles. The number of aryl methyl sites for hydroxylation is 1. The summed E-state index contributed by atoms with van der Waals surface area (Å²) in [5, 5.41) is 23.1. The zero-order valence-electron chi connectivity index (χ0n) is 16.9. The van der Waals surface area contributed by atoms with Gasteiger partial charge in [-0.25, -0.2) is 0 Å². The van der Waals surface area contributed by atoms with Crippen molar-refractivity contribution in [2.75, 3.05) is 0 Å². The molecule has 1 aliphatic carbocycles. The van der Waals surface area contributed by atoms with Gasteiger partial charge in [-0.05, 0) is 44.0 Å². The highest BCUT2D eigenvalue weighted by Gasteiger charge is 2.45. The predicted octanol–water partition coefficient (Wildman–Crippen LogP) is 1.48. The van der Waals surface area contributed by atoms with Crippen LogP contribution in [0.2, 0.25) is 0 Å². The molecule has 2 aromatic heterocycles. The fraction of sp³-hybridized carbons (Fsp3) is 0.273. The minimum absolute atomic E-state index is 0.0841. The third kappa shape index (κ3) is 4.75. The number of carbonyl (C=O) groups excluding carboxylic acids is 2. The fourth-order valence-electron chi connectivity index (χ4n) is 3.05. The van der Waals surface area contributed by atoms with Gasteiger partial charge in [0.1, 0.15) is 11.6 Å². The Kier molecular flexibility index (Phi) is 5.45. The van der Waals surface area contributed by atoms with E-state index < -0.39 is 23.4 Å². The summed E-state index contributed by atoms with van der Waals surface area (Å²) in [5.74, 6) is -0.958. The van der Waals surface area contributed by atoms with Gasteiger partial charge >= 0.3 is 0 Å². The minimum atomic E-state index is -0.905. The molecular formula is C22H21N7O2. The summed E-state index contributed by atoms with van der Waals surface area (Å²) < 4.78 is 0. The van der Waals surface area contributed by atoms with Gasteiger partial charge in [0.05, 0.1) is 18.0 Å². The lowest BCUT2D eigenvalue weighted by atomic mass is 10.1. The van der Waals surface area contributed by atoms with Gasteiger partial charge in [-0.1, -0.05) is 23.8 Å². The van der Waals surface area contributed by atoms with E-state index in [0.29, 0.717) is 18.5 Å². The van der Waals surface area contributed by atoms with Gasteiger partial charge in [0.15, 0.2) is 5.69 Å². The largest absolute Gasteiger partial charge is 0.338 e. The van der Waals surface area contributed by atoms with Crippen molar-refractivity contribution >= 4 is 11.8 Å². The number of hydrogen-bond donors (Lipinski definition) is 2. The Morgan fingerprint density at radius 1 is 1.23 bits per heavy atom. The molecule has 0 bridgehead atoms. The molecule has 1 saturated carbocycles. The lowest BCUT2D eigenvalue weighted by Crippen LogP contribution is -2.51. The lowest BCUT2D eigenvalue weighted by Gasteiger charge is -2.19. The maximum Gasteiger partial charge on any atom is 0.274 e. The quantitative estimate of drug-likeness (QED) is 0.602. The SMILES string of the molecule is Cc1ccc(-n2ncc(C(=O)N[C@@H](Cc3ccccn3)C(=O)NC3(C#N)CC3)n2)cc1. The Bertz CT molecular complexity index is 1130. The van der Waals surface area contributed by atoms with Crippen LogP contribution in [0.4, 0.5) is 0 Å². The third-order valence-corrected chi connectivity index (χ3v) is 5.08. The molecule has 1 aliphatic rings. The zero-order chi connectivity index (χ0) is 21.8. The summed E-state index contributed by atoms with van der Waals surface area (Å²) in [6.07, 6.45) is 4.36. The summed E-state index contributed by atoms with van der Waals surface area (Å²) in [4.78, 5) is 31.2. The molecule has 2 N–H and O–H groups in total. The summed E-state index contributed by atoms with van der Waals surface area (Å²) in [6, 6.07) is 14.1. The Hall–Kier alpha value is -4.06. The molecule has 2 amide bonds. The number of amides is 2. The molecule has 1 fully saturated rings. The third-order valence-electron chi connectivity index (χ3n) is 5.08. The molecule has 2 heterocycles. The number of nitriles is 1. The first-order valence-corrected chi connectivity index (χ1v) is 9.91. The predicted molar refractivity (Wildman–Crippen MR) is 111 cm³/mol. The standard InChI is InChI=1S/C22H21N7O2/c1-15-5-7-17(8-6-15)29-25-13-19(28-29)20(30)26-18(12-16-4-2-3-11-24-16)21(31)27-22(14-23)9-10-22/h2-8,11,13,18H,9-10,12H2,1H3,(H,26,30)(H,27,31)/t18-/m0/s1. The normalized spacial score (nSPS) is 14.8. The number of nitrogens with zero attached hydrogens (tertiary/aromatic N) is 5. The van der Waals surface area contributed by atoms with Gasteiger partial charge in [0, 0.05) is 18.3 Å². The van der Waals surface area contributed by atoms with Gasteiger partial charge in [-0.3, -0.25) is 14.6 Å². The van der Waals surface area contributed by atoms with Crippen LogP contribution in [0.15, 0.2) is 54.9 Å². The molecule has 156 valence electrons. The molecule has 0 unspecified atom stereocenters. The van der Waals surface area contributed by atoms with Crippen LogP contribution in [0.1, 0.15) is 34.6 Å². The maximum absolute atomic E-state index is 12.8. The Morgan fingerprint density at radius 2 is 2.00 bits per heavy atom. The van der Waals surface area contributed by atoms with Crippen molar-refractivity contribution < 1.29 is 9.59 Å². The zero-order valence-corrected chi connectivity index (χ0v) is 16.9. The van der Waals surface area contributed by atoms with Crippen molar-refractivity contribution in [3.8, 4) is 11.8 Å². The summed E-state index contributed by atoms with van der Waals surface area (Å²) in [6.45, 7) is 1.98. The van der Waals surface area contributed by atoms with E-state index in [2.05, 4.69) is 31.9 Å². The second kappa shape index (κ2) is 8.36. The van der Waals surface area contributed by atoms with Crippen LogP contribution < -0.4 is 10.6 Å². The molecule has 0 spiro atoms. The van der Waals surface area contributed by atoms with Gasteiger partial charge in [-0.15, -0.1) is 5.10 Å². The van der Waals surface area contributed by atoms with Crippen molar-refractivity contribution in [3.63, 3.8) is 0 Å². The van der Waals surface area contributed by atoms with Gasteiger partial charge in [-0.2, -0.15) is 15.2 Å². The number of pyridine rings is 1. The molecule has 0 radical (unpaired) electrons. The second-order valence-corrected chi connectivity index (χ2v) is 7.59. The van der Waals surface area contributed by atoms with Gasteiger partial charge < -0.3 is 10.6 Å². The molecule has 0 aliphatic heterocycles. The number of benzene rings is 1. The van der Waals surface area contributed by atoms with Crippen LogP contribution in [0, 0.1) is 18.3 Å². The average molecular weight is 415 g/mol. The Morgan fingerprint density at radius 3 is 2.65 bits per heavy atom. The monoisotopic (exact) mass is 415 g/mol. The molecule has 0 saturated heterocycles. The van der Waals surface area contributed by atoms with Crippen molar-refractivity contribution in [1.29, 1.82) is 5.26 Å². The molecule has 9 nitrogen and oxygen atoms in total. The summed E-state index contributed by atoms with van der Waals surface area (Å²) in [5.41, 5.74) is 1.72. The van der Waals surface area contributed by atoms with E-state index in [1.165, 1.54) is 11.0 Å². The van der Waals surface area contributed by atoms with E-state index >= 15 is 0 Å². The molecule has 1 atom stereocenters. The molecule has 3 aromatic rings. The number of aromatic nitrogens is 4. The number of carbonyl (C=O) groups is 2. The van der Waals surface area contributed by atoms with E-state index in [1.807, 2.05) is 37.3 Å². The smallest absolute Gasteiger partial charge is 0.274 e. The van der Waals surface area contributed by atoms with Crippen LogP contribution in [-0.2, 0) is 11.2 Å². The first-order chi connectivity index (χ1) is 15.0. The van der Waals surface area contributed by atoms with E-state index in [1.54, 1.807) is 18.3 Å². The topological polar surface area (TPSA) is 126 Å². The van der Waals surface area contributed by atoms with Crippen molar-refractivity contribution in [2.45, 2.75) is 37.8 Å². The molecule has 4 rings (SSSR count). The van der Waals surface area contributed by atoms with Gasteiger partial charge in [0.2, 0.25) is 5.91 Å². The van der Waals surface area contributed by atoms with E-state index in [9.17, 15) is 14.9 Å². The highest BCUT2D eigenvalue weighted by Crippen LogP contribution is 2.34. The van der Waals surface area contributed by atoms with Gasteiger partial charge in [0.25, 0.3) is 5.91 Å². The summed E-state index contributed by atoms with van der Waals surface area (Å²) in [7, 11) is 0. The van der Waals surface area contributed by atoms with Crippen molar-refractivity contribution in [3.05, 3.63) is 71.8 Å². The highest BCUT2D eigenvalue weighted by molar-refractivity contribution is 5.96. The number of nitrogens with one attached hydrogen (secondary N) is 2. The van der Waals surface area contributed by atoms with Crippen LogP contribution in [0.5, 0.6) is 0 Å². The van der Waals surface area contributed by atoms with E-state index in [0.717, 1.165) is 11.3 Å². The molecule has 9 heteroatoms. The van der Waals surface area contributed by atoms with Crippen molar-refractivity contribution in [1.82, 2.24) is 30.6 Å². The minimum Gasteiger partial charge on any atom is -0.338 e. The average Bonchev–Trinajstić information content (AvgIpc) is 3.37. The maximum atomic E-state index is 12.8. The van der Waals surface area contributed by atoms with Crippen LogP contribution in [-0.4, -0.2) is 43.4 Å². The second-order valence-electron chi connectivity index (χ2n) is 7.59. The number of rotatable bonds is 7. The fourth-order valence-corrected chi connectivity index (χ4v) is 3.05. The summed E-state index contributed by atoms with van der Waals surface area (Å²) >= 11 is 0. The molecular weight excluding hydrogens is 394 g/mol. The highest BCUT2D eigenvalue weighted by atomic mass is 16.2. The van der Waals surface area contributed by atoms with Crippen LogP contribution in [0.25, 0.3) is 5.69 Å². The van der Waals surface area contributed by atoms with E-state index in [4.69, 9.17) is 0 Å². The Balaban J connectivity index is 1.50. The van der Waals surface area contributed by atoms with Crippen LogP contribution in [0.3, 0.4) is 0 Å². The molecule has 31 heavy (non-hydrogen) atoms. The first kappa shape index (κ1) is 20.2. The first-order valence-electron chi connectivity index (χ1n) is 9.91. The number of hydrogen-bond acceptors (Lipinski definition) is 6. The van der Waals surface area contributed by atoms with Crippen molar-refractivity contribution in [2.24, 2.45) is 0 Å². The Labute approximate surface area is 179 Å².